The molecule has 0 aliphatic rings. The topological polar surface area (TPSA) is 23.1 Å². The number of unbranched alkanes of at least 4 members (excludes halogenated alkanes) is 2. The van der Waals surface area contributed by atoms with E-state index in [1.54, 1.807) is 6.92 Å². The quantitative estimate of drug-likeness (QED) is 0.443. The Morgan fingerprint density at radius 2 is 1.25 bits per heavy atom. The van der Waals surface area contributed by atoms with E-state index >= 15 is 0 Å². The van der Waals surface area contributed by atoms with E-state index < -0.39 is 0 Å². The fourth-order valence-corrected chi connectivity index (χ4v) is 0.841. The van der Waals surface area contributed by atoms with Gasteiger partial charge in [0, 0.05) is 0 Å². The van der Waals surface area contributed by atoms with Gasteiger partial charge in [-0.1, -0.05) is 6.92 Å². The van der Waals surface area contributed by atoms with Gasteiger partial charge in [0.05, 0.1) is 0 Å². The minimum absolute atomic E-state index is 0. The Hall–Kier alpha value is 0.0249. The fourth-order valence-electron chi connectivity index (χ4n) is 0.841. The second-order valence-corrected chi connectivity index (χ2v) is 2.86. The number of hydrogen-bond acceptors (Lipinski definition) is 1. The second-order valence-electron chi connectivity index (χ2n) is 2.86. The van der Waals surface area contributed by atoms with Crippen LogP contribution in [0.1, 0.15) is 46.5 Å². The summed E-state index contributed by atoms with van der Waals surface area (Å²) in [6, 6.07) is 0. The number of rotatable bonds is 6. The molecule has 0 aliphatic carbocycles. The van der Waals surface area contributed by atoms with Crippen LogP contribution in [-0.2, 0) is 0 Å². The molecule has 0 aromatic heterocycles. The molecule has 0 aromatic carbocycles. The monoisotopic (exact) mass is 170 g/mol. The van der Waals surface area contributed by atoms with Gasteiger partial charge in [0.15, 0.2) is 0 Å². The van der Waals surface area contributed by atoms with Crippen molar-refractivity contribution in [1.82, 2.24) is 0 Å². The van der Waals surface area contributed by atoms with Crippen LogP contribution in [0.25, 0.3) is 0 Å². The fraction of sp³-hybridized carbons (Fsp3) is 1.00. The van der Waals surface area contributed by atoms with Crippen LogP contribution in [-0.4, -0.2) is 13.9 Å². The van der Waals surface area contributed by atoms with Crippen molar-refractivity contribution in [1.29, 1.82) is 0 Å². The molecule has 0 aromatic rings. The summed E-state index contributed by atoms with van der Waals surface area (Å²) in [5.74, 6) is 0. The first-order valence-electron chi connectivity index (χ1n) is 5.23. The molecule has 0 bridgehead atoms. The molecule has 0 spiro atoms. The molecule has 0 saturated carbocycles. The summed E-state index contributed by atoms with van der Waals surface area (Å²) < 4.78 is 0. The van der Waals surface area contributed by atoms with Crippen LogP contribution < -0.4 is 5.11 Å². The molecule has 0 N–H and O–H groups in total. The van der Waals surface area contributed by atoms with Gasteiger partial charge in [0.1, 0.15) is 0 Å². The van der Waals surface area contributed by atoms with Gasteiger partial charge in [-0.25, -0.2) is 0 Å². The predicted molar refractivity (Wildman–Crippen MR) is 55.7 cm³/mol. The van der Waals surface area contributed by atoms with E-state index in [4.69, 9.17) is 5.11 Å². The zero-order valence-electron chi connectivity index (χ0n) is 8.94. The minimum Gasteiger partial charge on any atom is -0.855 e. The molecule has 0 heterocycles. The molecule has 0 unspecified atom stereocenters. The van der Waals surface area contributed by atoms with E-state index in [1.165, 1.54) is 38.3 Å². The van der Waals surface area contributed by atoms with Gasteiger partial charge in [-0.05, 0) is 0 Å². The van der Waals surface area contributed by atoms with Gasteiger partial charge < -0.3 is 5.11 Å². The molecule has 0 atom stereocenters. The summed E-state index contributed by atoms with van der Waals surface area (Å²) in [4.78, 5) is 0. The van der Waals surface area contributed by atoms with Crippen LogP contribution in [0.5, 0.6) is 0 Å². The zero-order valence-corrected chi connectivity index (χ0v) is 8.94. The van der Waals surface area contributed by atoms with Crippen molar-refractivity contribution in [2.45, 2.75) is 59.1 Å². The van der Waals surface area contributed by atoms with Gasteiger partial charge in [-0.15, -0.1) is 6.61 Å². The molecule has 12 heavy (non-hydrogen) atoms. The summed E-state index contributed by atoms with van der Waals surface area (Å²) in [6.45, 7) is 6.06. The van der Waals surface area contributed by atoms with Gasteiger partial charge in [-0.3, -0.25) is 0 Å². The van der Waals surface area contributed by atoms with Crippen molar-refractivity contribution in [3.8, 4) is 0 Å². The van der Waals surface area contributed by atoms with Crippen LogP contribution in [0, 0.1) is 0 Å². The van der Waals surface area contributed by atoms with Gasteiger partial charge in [0.25, 0.3) is 0 Å². The van der Waals surface area contributed by atoms with E-state index in [0.717, 1.165) is 0 Å². The minimum atomic E-state index is 0. The molecule has 1 nitrogen and oxygen atoms in total. The van der Waals surface area contributed by atoms with Crippen LogP contribution in [0.3, 0.4) is 0 Å². The Kier molecular flexibility index (Phi) is 20.9. The molecule has 2 heteroatoms. The molecule has 0 fully saturated rings. The predicted octanol–water partition coefficient (Wildman–Crippen LogP) is 2.49. The van der Waals surface area contributed by atoms with Gasteiger partial charge in [0.2, 0.25) is 0 Å². The van der Waals surface area contributed by atoms with Crippen LogP contribution in [0.4, 0.5) is 0 Å². The molecular formula is C10H23BO. The molecule has 0 amide bonds. The number of hydrogen-bond donors (Lipinski definition) is 0. The van der Waals surface area contributed by atoms with Crippen molar-refractivity contribution in [3.63, 3.8) is 0 Å². The normalized spacial score (nSPS) is 8.33. The Morgan fingerprint density at radius 1 is 0.917 bits per heavy atom. The molecule has 0 aliphatic heterocycles. The first-order valence-corrected chi connectivity index (χ1v) is 5.23. The first kappa shape index (κ1) is 14.5. The molecule has 0 radical (unpaired) electrons. The van der Waals surface area contributed by atoms with Crippen LogP contribution in [0.15, 0.2) is 0 Å². The molecule has 0 saturated heterocycles. The zero-order chi connectivity index (χ0) is 9.66. The van der Waals surface area contributed by atoms with E-state index in [1.807, 2.05) is 0 Å². The average Bonchev–Trinajstić information content (AvgIpc) is 2.06. The third kappa shape index (κ3) is 22.5. The Labute approximate surface area is 78.8 Å². The summed E-state index contributed by atoms with van der Waals surface area (Å²) in [6.07, 6.45) is 8.09. The van der Waals surface area contributed by atoms with Gasteiger partial charge in [-0.2, -0.15) is 0 Å². The maximum Gasteiger partial charge on any atom is -0.0809 e. The van der Waals surface area contributed by atoms with Crippen molar-refractivity contribution in [2.24, 2.45) is 0 Å². The smallest absolute Gasteiger partial charge is 0.0809 e. The van der Waals surface area contributed by atoms with Crippen molar-refractivity contribution >= 4 is 7.28 Å². The third-order valence-corrected chi connectivity index (χ3v) is 1.52. The van der Waals surface area contributed by atoms with E-state index in [2.05, 4.69) is 21.1 Å². The SMILES string of the molecule is CCCC[B+]CCCC.CC[O-]. The maximum absolute atomic E-state index is 8.93. The average molecular weight is 170 g/mol. The summed E-state index contributed by atoms with van der Waals surface area (Å²) in [7, 11) is 2.42. The standard InChI is InChI=1S/C8H18B.C2H5O/c1-3-5-7-9-8-6-4-2;1-2-3/h3-8H2,1-2H3;2H2,1H3/q+1;-1. The summed E-state index contributed by atoms with van der Waals surface area (Å²) in [5.41, 5.74) is 0. The Balaban J connectivity index is 0. The summed E-state index contributed by atoms with van der Waals surface area (Å²) >= 11 is 0. The van der Waals surface area contributed by atoms with Crippen molar-refractivity contribution in [2.75, 3.05) is 6.61 Å². The van der Waals surface area contributed by atoms with Crippen LogP contribution in [0.2, 0.25) is 12.6 Å². The van der Waals surface area contributed by atoms with Crippen molar-refractivity contribution < 1.29 is 5.11 Å². The maximum atomic E-state index is 8.93. The Morgan fingerprint density at radius 3 is 1.50 bits per heavy atom. The first-order chi connectivity index (χ1) is 5.83. The Bertz CT molecular complexity index is 51.8. The van der Waals surface area contributed by atoms with E-state index in [-0.39, 0.29) is 6.61 Å². The summed E-state index contributed by atoms with van der Waals surface area (Å²) in [5, 5.41) is 8.93. The third-order valence-electron chi connectivity index (χ3n) is 1.52. The van der Waals surface area contributed by atoms with Gasteiger partial charge >= 0.3 is 59.5 Å². The molecule has 0 rings (SSSR count). The second kappa shape index (κ2) is 17.2. The van der Waals surface area contributed by atoms with Crippen molar-refractivity contribution in [3.05, 3.63) is 0 Å². The van der Waals surface area contributed by atoms with E-state index in [0.29, 0.717) is 0 Å². The van der Waals surface area contributed by atoms with E-state index in [9.17, 15) is 0 Å². The molecular weight excluding hydrogens is 147 g/mol. The molecule has 72 valence electrons. The largest absolute Gasteiger partial charge is 0.855 e. The van der Waals surface area contributed by atoms with Crippen LogP contribution >= 0.6 is 0 Å².